The van der Waals surface area contributed by atoms with E-state index in [-0.39, 0.29) is 10.9 Å². The van der Waals surface area contributed by atoms with Crippen molar-refractivity contribution in [3.05, 3.63) is 24.1 Å². The van der Waals surface area contributed by atoms with Crippen molar-refractivity contribution in [1.29, 1.82) is 0 Å². The molecule has 6 heteroatoms. The average Bonchev–Trinajstić information content (AvgIpc) is 2.42. The van der Waals surface area contributed by atoms with Crippen molar-refractivity contribution in [3.63, 3.8) is 0 Å². The van der Waals surface area contributed by atoms with Crippen LogP contribution in [0.15, 0.2) is 18.3 Å². The molecule has 1 aliphatic rings. The van der Waals surface area contributed by atoms with Gasteiger partial charge < -0.3 is 11.1 Å². The normalized spacial score (nSPS) is 17.7. The van der Waals surface area contributed by atoms with Crippen LogP contribution in [-0.2, 0) is 4.79 Å². The predicted molar refractivity (Wildman–Crippen MR) is 75.1 cm³/mol. The summed E-state index contributed by atoms with van der Waals surface area (Å²) in [5, 5.41) is 2.68. The summed E-state index contributed by atoms with van der Waals surface area (Å²) in [5.41, 5.74) is 4.98. The van der Waals surface area contributed by atoms with E-state index in [1.807, 2.05) is 0 Å². The first kappa shape index (κ1) is 13.9. The summed E-state index contributed by atoms with van der Waals surface area (Å²) in [6.07, 6.45) is 5.34. The lowest BCUT2D eigenvalue weighted by Crippen LogP contribution is -2.47. The standard InChI is InChI=1S/C13H16FN3OS/c14-9-4-5-10(16-8-9)17-12(18)13(11(15)19)6-2-1-3-7-13/h4-5,8H,1-3,6-7H2,(H2,15,19)(H,16,17,18). The van der Waals surface area contributed by atoms with Gasteiger partial charge in [-0.05, 0) is 25.0 Å². The van der Waals surface area contributed by atoms with E-state index in [0.717, 1.165) is 25.5 Å². The van der Waals surface area contributed by atoms with Gasteiger partial charge in [0, 0.05) is 0 Å². The van der Waals surface area contributed by atoms with Crippen LogP contribution >= 0.6 is 12.2 Å². The Labute approximate surface area is 116 Å². The molecule has 1 aromatic rings. The molecule has 3 N–H and O–H groups in total. The van der Waals surface area contributed by atoms with Gasteiger partial charge in [-0.15, -0.1) is 0 Å². The number of thiocarbonyl (C=S) groups is 1. The molecule has 0 aliphatic heterocycles. The summed E-state index contributed by atoms with van der Waals surface area (Å²) in [5.74, 6) is -0.369. The van der Waals surface area contributed by atoms with Gasteiger partial charge in [-0.25, -0.2) is 9.37 Å². The molecule has 0 saturated heterocycles. The Bertz CT molecular complexity index is 483. The quantitative estimate of drug-likeness (QED) is 0.835. The lowest BCUT2D eigenvalue weighted by atomic mass is 9.73. The molecule has 1 amide bonds. The number of nitrogens with zero attached hydrogens (tertiary/aromatic N) is 1. The van der Waals surface area contributed by atoms with Crippen molar-refractivity contribution < 1.29 is 9.18 Å². The van der Waals surface area contributed by atoms with Crippen LogP contribution in [0.1, 0.15) is 32.1 Å². The van der Waals surface area contributed by atoms with E-state index in [1.165, 1.54) is 12.1 Å². The molecule has 4 nitrogen and oxygen atoms in total. The molecule has 2 rings (SSSR count). The van der Waals surface area contributed by atoms with E-state index < -0.39 is 11.2 Å². The van der Waals surface area contributed by atoms with Gasteiger partial charge in [0.25, 0.3) is 0 Å². The smallest absolute Gasteiger partial charge is 0.238 e. The van der Waals surface area contributed by atoms with Crippen molar-refractivity contribution in [3.8, 4) is 0 Å². The number of amides is 1. The van der Waals surface area contributed by atoms with E-state index in [2.05, 4.69) is 10.3 Å². The maximum Gasteiger partial charge on any atom is 0.238 e. The molecule has 0 aromatic carbocycles. The zero-order valence-electron chi connectivity index (χ0n) is 10.5. The summed E-state index contributed by atoms with van der Waals surface area (Å²) >= 11 is 5.08. The molecule has 1 fully saturated rings. The first-order chi connectivity index (χ1) is 9.04. The Balaban J connectivity index is 2.16. The number of aromatic nitrogens is 1. The highest BCUT2D eigenvalue weighted by Gasteiger charge is 2.42. The van der Waals surface area contributed by atoms with Crippen LogP contribution < -0.4 is 11.1 Å². The van der Waals surface area contributed by atoms with Crippen LogP contribution in [0.3, 0.4) is 0 Å². The highest BCUT2D eigenvalue weighted by Crippen LogP contribution is 2.37. The Morgan fingerprint density at radius 3 is 2.58 bits per heavy atom. The Hall–Kier alpha value is -1.56. The summed E-state index contributed by atoms with van der Waals surface area (Å²) in [4.78, 5) is 16.4. The Morgan fingerprint density at radius 2 is 2.05 bits per heavy atom. The second-order valence-corrected chi connectivity index (χ2v) is 5.26. The van der Waals surface area contributed by atoms with Crippen LogP contribution in [0, 0.1) is 11.2 Å². The third kappa shape index (κ3) is 2.89. The summed E-state index contributed by atoms with van der Waals surface area (Å²) in [7, 11) is 0. The number of nitrogens with one attached hydrogen (secondary N) is 1. The monoisotopic (exact) mass is 281 g/mol. The van der Waals surface area contributed by atoms with Crippen molar-refractivity contribution >= 4 is 28.9 Å². The van der Waals surface area contributed by atoms with Gasteiger partial charge in [-0.2, -0.15) is 0 Å². The summed E-state index contributed by atoms with van der Waals surface area (Å²) in [6, 6.07) is 2.67. The minimum absolute atomic E-state index is 0.229. The fraction of sp³-hybridized carbons (Fsp3) is 0.462. The zero-order valence-corrected chi connectivity index (χ0v) is 11.3. The molecule has 0 radical (unpaired) electrons. The number of hydrogen-bond acceptors (Lipinski definition) is 3. The number of anilines is 1. The van der Waals surface area contributed by atoms with E-state index in [1.54, 1.807) is 0 Å². The second-order valence-electron chi connectivity index (χ2n) is 4.82. The van der Waals surface area contributed by atoms with Crippen LogP contribution in [0.2, 0.25) is 0 Å². The molecule has 19 heavy (non-hydrogen) atoms. The van der Waals surface area contributed by atoms with E-state index in [4.69, 9.17) is 18.0 Å². The van der Waals surface area contributed by atoms with E-state index >= 15 is 0 Å². The minimum Gasteiger partial charge on any atom is -0.392 e. The lowest BCUT2D eigenvalue weighted by molar-refractivity contribution is -0.123. The number of carbonyl (C=O) groups is 1. The molecule has 1 heterocycles. The number of halogens is 1. The Kier molecular flexibility index (Phi) is 4.09. The van der Waals surface area contributed by atoms with Gasteiger partial charge >= 0.3 is 0 Å². The van der Waals surface area contributed by atoms with Crippen molar-refractivity contribution in [2.24, 2.45) is 11.1 Å². The molecular formula is C13H16FN3OS. The van der Waals surface area contributed by atoms with Crippen LogP contribution in [-0.4, -0.2) is 15.9 Å². The van der Waals surface area contributed by atoms with Gasteiger partial charge in [-0.3, -0.25) is 4.79 Å². The van der Waals surface area contributed by atoms with Crippen LogP contribution in [0.5, 0.6) is 0 Å². The number of rotatable bonds is 3. The highest BCUT2D eigenvalue weighted by atomic mass is 32.1. The lowest BCUT2D eigenvalue weighted by Gasteiger charge is -2.34. The van der Waals surface area contributed by atoms with Gasteiger partial charge in [0.05, 0.1) is 16.6 Å². The topological polar surface area (TPSA) is 68.0 Å². The van der Waals surface area contributed by atoms with Crippen molar-refractivity contribution in [1.82, 2.24) is 4.98 Å². The predicted octanol–water partition coefficient (Wildman–Crippen LogP) is 2.40. The first-order valence-electron chi connectivity index (χ1n) is 6.27. The second kappa shape index (κ2) is 5.61. The SMILES string of the molecule is NC(=S)C1(C(=O)Nc2ccc(F)cn2)CCCCC1. The number of carbonyl (C=O) groups excluding carboxylic acids is 1. The third-order valence-electron chi connectivity index (χ3n) is 3.58. The number of pyridine rings is 1. The molecule has 1 aromatic heterocycles. The number of nitrogens with two attached hydrogens (primary N) is 1. The third-order valence-corrected chi connectivity index (χ3v) is 3.97. The van der Waals surface area contributed by atoms with E-state index in [9.17, 15) is 9.18 Å². The fourth-order valence-corrected chi connectivity index (χ4v) is 2.72. The zero-order chi connectivity index (χ0) is 13.9. The maximum atomic E-state index is 12.8. The molecule has 0 spiro atoms. The number of hydrogen-bond donors (Lipinski definition) is 2. The summed E-state index contributed by atoms with van der Waals surface area (Å²) in [6.45, 7) is 0. The summed E-state index contributed by atoms with van der Waals surface area (Å²) < 4.78 is 12.8. The average molecular weight is 281 g/mol. The van der Waals surface area contributed by atoms with Gasteiger partial charge in [0.15, 0.2) is 0 Å². The Morgan fingerprint density at radius 1 is 1.37 bits per heavy atom. The van der Waals surface area contributed by atoms with Gasteiger partial charge in [-0.1, -0.05) is 31.5 Å². The van der Waals surface area contributed by atoms with Crippen molar-refractivity contribution in [2.45, 2.75) is 32.1 Å². The minimum atomic E-state index is -0.788. The highest BCUT2D eigenvalue weighted by molar-refractivity contribution is 7.80. The molecule has 0 unspecified atom stereocenters. The molecule has 102 valence electrons. The maximum absolute atomic E-state index is 12.8. The van der Waals surface area contributed by atoms with Crippen LogP contribution in [0.25, 0.3) is 0 Å². The van der Waals surface area contributed by atoms with Gasteiger partial charge in [0.2, 0.25) is 5.91 Å². The van der Waals surface area contributed by atoms with Gasteiger partial charge in [0.1, 0.15) is 11.6 Å². The first-order valence-corrected chi connectivity index (χ1v) is 6.68. The van der Waals surface area contributed by atoms with E-state index in [0.29, 0.717) is 18.7 Å². The molecular weight excluding hydrogens is 265 g/mol. The largest absolute Gasteiger partial charge is 0.392 e. The molecule has 0 atom stereocenters. The van der Waals surface area contributed by atoms with Crippen LogP contribution in [0.4, 0.5) is 10.2 Å². The molecule has 1 saturated carbocycles. The molecule has 1 aliphatic carbocycles. The molecule has 0 bridgehead atoms. The van der Waals surface area contributed by atoms with Crippen molar-refractivity contribution in [2.75, 3.05) is 5.32 Å². The fourth-order valence-electron chi connectivity index (χ4n) is 2.43.